The number of H-pyrrole nitrogens is 1. The zero-order valence-electron chi connectivity index (χ0n) is 13.6. The van der Waals surface area contributed by atoms with E-state index in [2.05, 4.69) is 20.5 Å². The number of carbonyl (C=O) groups excluding carboxylic acids is 1. The van der Waals surface area contributed by atoms with Crippen molar-refractivity contribution >= 4 is 23.0 Å². The van der Waals surface area contributed by atoms with Gasteiger partial charge in [0.2, 0.25) is 5.91 Å². The highest BCUT2D eigenvalue weighted by atomic mass is 16.6. The van der Waals surface area contributed by atoms with Gasteiger partial charge >= 0.3 is 0 Å². The molecule has 2 aromatic rings. The van der Waals surface area contributed by atoms with Crippen LogP contribution in [0.25, 0.3) is 0 Å². The zero-order valence-corrected chi connectivity index (χ0v) is 13.6. The van der Waals surface area contributed by atoms with Gasteiger partial charge in [0.1, 0.15) is 17.8 Å². The Morgan fingerprint density at radius 3 is 2.96 bits per heavy atom. The molecule has 1 aromatic carbocycles. The average molecular weight is 342 g/mol. The second-order valence-corrected chi connectivity index (χ2v) is 6.46. The highest BCUT2D eigenvalue weighted by molar-refractivity contribution is 5.95. The van der Waals surface area contributed by atoms with Gasteiger partial charge in [0, 0.05) is 37.2 Å². The predicted molar refractivity (Wildman–Crippen MR) is 90.6 cm³/mol. The average Bonchev–Trinajstić information content (AvgIpc) is 3.15. The van der Waals surface area contributed by atoms with Crippen LogP contribution in [-0.4, -0.2) is 39.1 Å². The number of amides is 1. The number of aromatic nitrogens is 3. The van der Waals surface area contributed by atoms with Crippen molar-refractivity contribution in [2.24, 2.45) is 0 Å². The number of carbonyl (C=O) groups is 1. The molecule has 0 saturated carbocycles. The van der Waals surface area contributed by atoms with E-state index in [-0.39, 0.29) is 22.4 Å². The van der Waals surface area contributed by atoms with Crippen molar-refractivity contribution in [3.05, 3.63) is 40.0 Å². The third kappa shape index (κ3) is 2.92. The summed E-state index contributed by atoms with van der Waals surface area (Å²) in [6.45, 7) is 1.36. The maximum atomic E-state index is 11.7. The monoisotopic (exact) mass is 342 g/mol. The van der Waals surface area contributed by atoms with Crippen LogP contribution in [0.1, 0.15) is 36.6 Å². The summed E-state index contributed by atoms with van der Waals surface area (Å²) < 4.78 is 0. The Morgan fingerprint density at radius 2 is 2.20 bits per heavy atom. The van der Waals surface area contributed by atoms with Crippen LogP contribution in [0, 0.1) is 10.1 Å². The van der Waals surface area contributed by atoms with Crippen molar-refractivity contribution < 1.29 is 9.72 Å². The van der Waals surface area contributed by atoms with E-state index in [4.69, 9.17) is 0 Å². The lowest BCUT2D eigenvalue weighted by Gasteiger charge is -2.33. The smallest absolute Gasteiger partial charge is 0.292 e. The molecule has 1 atom stereocenters. The fraction of sp³-hybridized carbons (Fsp3) is 0.438. The second kappa shape index (κ2) is 6.15. The summed E-state index contributed by atoms with van der Waals surface area (Å²) in [4.78, 5) is 29.1. The number of nitrogens with one attached hydrogen (secondary N) is 2. The molecule has 0 unspecified atom stereocenters. The molecule has 4 rings (SSSR count). The standard InChI is InChI=1S/C16H18N6O3/c23-15-4-3-10-6-14(22(24)25)13(7-12(10)19-15)21-5-1-2-11(8-21)16-17-9-18-20-16/h6-7,9,11H,1-5,8H2,(H,19,23)(H,17,18,20)/t11-/m1/s1. The first-order chi connectivity index (χ1) is 12.1. The van der Waals surface area contributed by atoms with Crippen LogP contribution < -0.4 is 10.2 Å². The summed E-state index contributed by atoms with van der Waals surface area (Å²) in [5.41, 5.74) is 2.14. The number of nitrogens with zero attached hydrogens (tertiary/aromatic N) is 4. The largest absolute Gasteiger partial charge is 0.365 e. The van der Waals surface area contributed by atoms with E-state index in [1.54, 1.807) is 12.1 Å². The van der Waals surface area contributed by atoms with E-state index in [9.17, 15) is 14.9 Å². The van der Waals surface area contributed by atoms with Crippen molar-refractivity contribution in [1.82, 2.24) is 15.2 Å². The molecule has 3 heterocycles. The van der Waals surface area contributed by atoms with E-state index in [1.807, 2.05) is 4.90 Å². The van der Waals surface area contributed by atoms with Gasteiger partial charge in [0.25, 0.3) is 5.69 Å². The summed E-state index contributed by atoms with van der Waals surface area (Å²) in [5.74, 6) is 0.908. The lowest BCUT2D eigenvalue weighted by Crippen LogP contribution is -2.35. The number of hydrogen-bond acceptors (Lipinski definition) is 6. The lowest BCUT2D eigenvalue weighted by molar-refractivity contribution is -0.384. The molecule has 0 radical (unpaired) electrons. The molecule has 2 N–H and O–H groups in total. The number of nitro benzene ring substituents is 1. The lowest BCUT2D eigenvalue weighted by atomic mass is 9.95. The molecule has 1 saturated heterocycles. The highest BCUT2D eigenvalue weighted by Crippen LogP contribution is 2.39. The van der Waals surface area contributed by atoms with Crippen LogP contribution in [0.5, 0.6) is 0 Å². The van der Waals surface area contributed by atoms with Crippen LogP contribution in [-0.2, 0) is 11.2 Å². The van der Waals surface area contributed by atoms with E-state index in [0.29, 0.717) is 30.8 Å². The van der Waals surface area contributed by atoms with Crippen LogP contribution in [0.3, 0.4) is 0 Å². The molecule has 2 aliphatic rings. The van der Waals surface area contributed by atoms with Crippen molar-refractivity contribution in [3.8, 4) is 0 Å². The summed E-state index contributed by atoms with van der Waals surface area (Å²) in [6, 6.07) is 3.34. The van der Waals surface area contributed by atoms with Crippen LogP contribution in [0.4, 0.5) is 17.1 Å². The van der Waals surface area contributed by atoms with Gasteiger partial charge in [-0.25, -0.2) is 4.98 Å². The Bertz CT molecular complexity index is 820. The van der Waals surface area contributed by atoms with Crippen LogP contribution in [0.2, 0.25) is 0 Å². The molecule has 1 aromatic heterocycles. The number of hydrogen-bond donors (Lipinski definition) is 2. The quantitative estimate of drug-likeness (QED) is 0.650. The topological polar surface area (TPSA) is 117 Å². The molecule has 1 amide bonds. The number of anilines is 2. The Kier molecular flexibility index (Phi) is 3.83. The molecule has 9 heteroatoms. The Hall–Kier alpha value is -2.97. The molecule has 1 fully saturated rings. The van der Waals surface area contributed by atoms with Gasteiger partial charge in [-0.2, -0.15) is 5.10 Å². The van der Waals surface area contributed by atoms with E-state index in [0.717, 1.165) is 30.8 Å². The zero-order chi connectivity index (χ0) is 17.4. The SMILES string of the molecule is O=C1CCc2cc([N+](=O)[O-])c(N3CCC[C@@H](c4ncn[nH]4)C3)cc2N1. The van der Waals surface area contributed by atoms with Crippen LogP contribution >= 0.6 is 0 Å². The van der Waals surface area contributed by atoms with Crippen LogP contribution in [0.15, 0.2) is 18.5 Å². The molecule has 130 valence electrons. The fourth-order valence-electron chi connectivity index (χ4n) is 3.63. The van der Waals surface area contributed by atoms with Gasteiger partial charge in [0.15, 0.2) is 0 Å². The van der Waals surface area contributed by atoms with Crippen molar-refractivity contribution in [1.29, 1.82) is 0 Å². The van der Waals surface area contributed by atoms with Gasteiger partial charge in [-0.15, -0.1) is 0 Å². The molecule has 25 heavy (non-hydrogen) atoms. The highest BCUT2D eigenvalue weighted by Gasteiger charge is 2.30. The third-order valence-corrected chi connectivity index (χ3v) is 4.88. The van der Waals surface area contributed by atoms with Gasteiger partial charge in [-0.1, -0.05) is 0 Å². The first kappa shape index (κ1) is 15.6. The van der Waals surface area contributed by atoms with Crippen molar-refractivity contribution in [3.63, 3.8) is 0 Å². The maximum absolute atomic E-state index is 11.7. The number of piperidine rings is 1. The van der Waals surface area contributed by atoms with Crippen molar-refractivity contribution in [2.75, 3.05) is 23.3 Å². The number of aromatic amines is 1. The number of aryl methyl sites for hydroxylation is 1. The minimum atomic E-state index is -0.343. The molecular formula is C16H18N6O3. The van der Waals surface area contributed by atoms with Crippen molar-refractivity contribution in [2.45, 2.75) is 31.6 Å². The normalized spacial score (nSPS) is 20.1. The van der Waals surface area contributed by atoms with Gasteiger partial charge < -0.3 is 10.2 Å². The first-order valence-electron chi connectivity index (χ1n) is 8.33. The fourth-order valence-corrected chi connectivity index (χ4v) is 3.63. The summed E-state index contributed by atoms with van der Waals surface area (Å²) >= 11 is 0. The molecule has 0 spiro atoms. The summed E-state index contributed by atoms with van der Waals surface area (Å²) in [6.07, 6.45) is 4.24. The van der Waals surface area contributed by atoms with Gasteiger partial charge in [-0.3, -0.25) is 20.0 Å². The molecule has 2 aliphatic heterocycles. The minimum absolute atomic E-state index is 0.0505. The Balaban J connectivity index is 1.69. The number of nitro groups is 1. The maximum Gasteiger partial charge on any atom is 0.292 e. The van der Waals surface area contributed by atoms with E-state index in [1.165, 1.54) is 6.33 Å². The van der Waals surface area contributed by atoms with Gasteiger partial charge in [-0.05, 0) is 30.9 Å². The minimum Gasteiger partial charge on any atom is -0.365 e. The summed E-state index contributed by atoms with van der Waals surface area (Å²) in [5, 5.41) is 21.2. The van der Waals surface area contributed by atoms with Gasteiger partial charge in [0.05, 0.1) is 4.92 Å². The second-order valence-electron chi connectivity index (χ2n) is 6.46. The Labute approximate surface area is 143 Å². The number of fused-ring (bicyclic) bond motifs is 1. The Morgan fingerprint density at radius 1 is 1.32 bits per heavy atom. The molecule has 0 aliphatic carbocycles. The third-order valence-electron chi connectivity index (χ3n) is 4.88. The number of rotatable bonds is 3. The molecule has 0 bridgehead atoms. The number of benzene rings is 1. The predicted octanol–water partition coefficient (Wildman–Crippen LogP) is 1.98. The summed E-state index contributed by atoms with van der Waals surface area (Å²) in [7, 11) is 0. The first-order valence-corrected chi connectivity index (χ1v) is 8.33. The van der Waals surface area contributed by atoms with E-state index < -0.39 is 0 Å². The molecule has 9 nitrogen and oxygen atoms in total. The molecular weight excluding hydrogens is 324 g/mol. The van der Waals surface area contributed by atoms with E-state index >= 15 is 0 Å².